The average Bonchev–Trinajstić information content (AvgIpc) is 3.01. The minimum absolute atomic E-state index is 0.0217. The Bertz CT molecular complexity index is 853. The zero-order valence-corrected chi connectivity index (χ0v) is 31.9. The van der Waals surface area contributed by atoms with Gasteiger partial charge in [0.1, 0.15) is 19.3 Å². The van der Waals surface area contributed by atoms with E-state index in [0.717, 1.165) is 70.6 Å². The molecule has 276 valence electrons. The molecule has 0 N–H and O–H groups in total. The third-order valence-corrected chi connectivity index (χ3v) is 8.67. The summed E-state index contributed by atoms with van der Waals surface area (Å²) in [5, 5.41) is 0. The molecule has 2 atom stereocenters. The van der Waals surface area contributed by atoms with Gasteiger partial charge < -0.3 is 27.9 Å². The van der Waals surface area contributed by atoms with Crippen molar-refractivity contribution >= 4 is 13.8 Å². The quantitative estimate of drug-likeness (QED) is 0.0219. The van der Waals surface area contributed by atoms with Crippen molar-refractivity contribution in [1.82, 2.24) is 0 Å². The number of hydrogen-bond acceptors (Lipinski definition) is 7. The zero-order valence-electron chi connectivity index (χ0n) is 31.0. The summed E-state index contributed by atoms with van der Waals surface area (Å²) in [7, 11) is 1.34. The minimum Gasteiger partial charge on any atom is -0.756 e. The van der Waals surface area contributed by atoms with Crippen molar-refractivity contribution in [1.29, 1.82) is 0 Å². The van der Waals surface area contributed by atoms with Crippen molar-refractivity contribution in [2.24, 2.45) is 0 Å². The molecule has 0 aliphatic rings. The topological polar surface area (TPSA) is 94.1 Å². The molecular weight excluding hydrogens is 613 g/mol. The Hall–Kier alpha value is -1.28. The van der Waals surface area contributed by atoms with E-state index in [9.17, 15) is 14.3 Å². The number of nitrogens with zero attached hydrogens (tertiary/aromatic N) is 1. The first-order chi connectivity index (χ1) is 22.6. The van der Waals surface area contributed by atoms with E-state index in [-0.39, 0.29) is 25.8 Å². The molecule has 0 saturated carbocycles. The van der Waals surface area contributed by atoms with Gasteiger partial charge in [0.2, 0.25) is 0 Å². The Labute approximate surface area is 289 Å². The number of esters is 1. The third kappa shape index (κ3) is 35.8. The van der Waals surface area contributed by atoms with Crippen LogP contribution in [-0.2, 0) is 27.9 Å². The normalized spacial score (nSPS) is 14.4. The van der Waals surface area contributed by atoms with Gasteiger partial charge >= 0.3 is 5.97 Å². The van der Waals surface area contributed by atoms with Crippen LogP contribution in [0.4, 0.5) is 0 Å². The van der Waals surface area contributed by atoms with Crippen LogP contribution in [0, 0.1) is 0 Å². The maximum absolute atomic E-state index is 12.6. The highest BCUT2D eigenvalue weighted by atomic mass is 31.2. The van der Waals surface area contributed by atoms with Gasteiger partial charge in [-0.3, -0.25) is 9.36 Å². The Balaban J connectivity index is 4.35. The van der Waals surface area contributed by atoms with Crippen LogP contribution in [-0.4, -0.2) is 70.7 Å². The highest BCUT2D eigenvalue weighted by molar-refractivity contribution is 7.45. The van der Waals surface area contributed by atoms with Gasteiger partial charge in [0.05, 0.1) is 34.4 Å². The summed E-state index contributed by atoms with van der Waals surface area (Å²) < 4.78 is 34.4. The van der Waals surface area contributed by atoms with Crippen molar-refractivity contribution in [3.8, 4) is 0 Å². The largest absolute Gasteiger partial charge is 0.756 e. The number of phosphoric acid groups is 1. The van der Waals surface area contributed by atoms with E-state index in [1.807, 2.05) is 21.1 Å². The van der Waals surface area contributed by atoms with Crippen LogP contribution in [0.1, 0.15) is 142 Å². The zero-order chi connectivity index (χ0) is 34.9. The van der Waals surface area contributed by atoms with Gasteiger partial charge in [-0.05, 0) is 44.9 Å². The Morgan fingerprint density at radius 1 is 0.681 bits per heavy atom. The summed E-state index contributed by atoms with van der Waals surface area (Å²) in [6.07, 6.45) is 34.4. The summed E-state index contributed by atoms with van der Waals surface area (Å²) in [6, 6.07) is 0. The van der Waals surface area contributed by atoms with Crippen molar-refractivity contribution in [3.63, 3.8) is 0 Å². The molecule has 0 heterocycles. The highest BCUT2D eigenvalue weighted by Gasteiger charge is 2.20. The van der Waals surface area contributed by atoms with E-state index >= 15 is 0 Å². The molecule has 2 unspecified atom stereocenters. The SMILES string of the molecule is CC/C=C\C/C=C\C/C=C\CCCCCCOCC(COP(=O)([O-])OCC[N+](C)(C)C)OC(=O)CCCCCCCCCCCCC. The maximum atomic E-state index is 12.6. The lowest BCUT2D eigenvalue weighted by atomic mass is 10.1. The first-order valence-electron chi connectivity index (χ1n) is 18.7. The lowest BCUT2D eigenvalue weighted by molar-refractivity contribution is -0.870. The molecule has 0 radical (unpaired) electrons. The van der Waals surface area contributed by atoms with Crippen LogP contribution < -0.4 is 4.89 Å². The molecule has 0 aromatic carbocycles. The summed E-state index contributed by atoms with van der Waals surface area (Å²) in [6.45, 7) is 5.22. The minimum atomic E-state index is -4.52. The summed E-state index contributed by atoms with van der Waals surface area (Å²) in [4.78, 5) is 24.9. The van der Waals surface area contributed by atoms with Gasteiger partial charge in [-0.1, -0.05) is 127 Å². The summed E-state index contributed by atoms with van der Waals surface area (Å²) in [5.41, 5.74) is 0. The number of unbranched alkanes of at least 4 members (excludes halogenated alkanes) is 14. The van der Waals surface area contributed by atoms with E-state index in [1.54, 1.807) is 0 Å². The van der Waals surface area contributed by atoms with Crippen LogP contribution >= 0.6 is 7.82 Å². The fourth-order valence-corrected chi connectivity index (χ4v) is 5.52. The van der Waals surface area contributed by atoms with E-state index < -0.39 is 13.9 Å². The van der Waals surface area contributed by atoms with E-state index in [4.69, 9.17) is 18.5 Å². The smallest absolute Gasteiger partial charge is 0.306 e. The van der Waals surface area contributed by atoms with E-state index in [2.05, 4.69) is 50.3 Å². The van der Waals surface area contributed by atoms with Gasteiger partial charge in [0, 0.05) is 13.0 Å². The number of ether oxygens (including phenoxy) is 2. The predicted octanol–water partition coefficient (Wildman–Crippen LogP) is 9.63. The third-order valence-electron chi connectivity index (χ3n) is 7.71. The molecule has 8 nitrogen and oxygen atoms in total. The molecule has 9 heteroatoms. The van der Waals surface area contributed by atoms with Crippen LogP contribution in [0.5, 0.6) is 0 Å². The van der Waals surface area contributed by atoms with Gasteiger partial charge in [-0.2, -0.15) is 0 Å². The number of quaternary nitrogens is 1. The first kappa shape index (κ1) is 45.7. The molecule has 47 heavy (non-hydrogen) atoms. The van der Waals surface area contributed by atoms with Gasteiger partial charge in [0.25, 0.3) is 7.82 Å². The molecular formula is C38H72NO7P. The number of carbonyl (C=O) groups is 1. The molecule has 0 aliphatic heterocycles. The fourth-order valence-electron chi connectivity index (χ4n) is 4.79. The molecule has 0 aliphatic carbocycles. The van der Waals surface area contributed by atoms with Crippen molar-refractivity contribution < 1.29 is 37.3 Å². The number of hydrogen-bond donors (Lipinski definition) is 0. The average molecular weight is 686 g/mol. The van der Waals surface area contributed by atoms with Crippen LogP contribution in [0.3, 0.4) is 0 Å². The molecule has 0 amide bonds. The van der Waals surface area contributed by atoms with Crippen LogP contribution in [0.15, 0.2) is 36.5 Å². The summed E-state index contributed by atoms with van der Waals surface area (Å²) in [5.74, 6) is -0.346. The van der Waals surface area contributed by atoms with E-state index in [0.29, 0.717) is 24.1 Å². The lowest BCUT2D eigenvalue weighted by Crippen LogP contribution is -2.37. The van der Waals surface area contributed by atoms with E-state index in [1.165, 1.54) is 51.4 Å². The Morgan fingerprint density at radius 2 is 1.23 bits per heavy atom. The van der Waals surface area contributed by atoms with Crippen LogP contribution in [0.2, 0.25) is 0 Å². The molecule has 0 aromatic rings. The van der Waals surface area contributed by atoms with Gasteiger partial charge in [0.15, 0.2) is 0 Å². The molecule has 0 fully saturated rings. The first-order valence-corrected chi connectivity index (χ1v) is 20.2. The second-order valence-electron chi connectivity index (χ2n) is 13.6. The highest BCUT2D eigenvalue weighted by Crippen LogP contribution is 2.38. The van der Waals surface area contributed by atoms with Crippen molar-refractivity contribution in [3.05, 3.63) is 36.5 Å². The monoisotopic (exact) mass is 686 g/mol. The Kier molecular flexibility index (Phi) is 31.1. The predicted molar refractivity (Wildman–Crippen MR) is 194 cm³/mol. The van der Waals surface area contributed by atoms with Crippen molar-refractivity contribution in [2.75, 3.05) is 54.1 Å². The van der Waals surface area contributed by atoms with Crippen LogP contribution in [0.25, 0.3) is 0 Å². The summed E-state index contributed by atoms with van der Waals surface area (Å²) >= 11 is 0. The van der Waals surface area contributed by atoms with Gasteiger partial charge in [-0.25, -0.2) is 0 Å². The second kappa shape index (κ2) is 32.0. The van der Waals surface area contributed by atoms with Crippen molar-refractivity contribution in [2.45, 2.75) is 148 Å². The fraction of sp³-hybridized carbons (Fsp3) is 0.816. The number of likely N-dealkylation sites (N-methyl/N-ethyl adjacent to an activating group) is 1. The standard InChI is InChI=1S/C38H72NO7P/c1-6-8-10-12-14-16-18-19-20-22-24-26-28-30-33-43-35-37(36-45-47(41,42)44-34-32-39(3,4)5)46-38(40)31-29-27-25-23-21-17-15-13-11-9-7-2/h8,10,14,16,19-20,37H,6-7,9,11-13,15,17-18,21-36H2,1-5H3/b10-8-,16-14-,20-19-. The number of phosphoric ester groups is 1. The molecule has 0 aromatic heterocycles. The number of allylic oxidation sites excluding steroid dienone is 6. The molecule has 0 saturated heterocycles. The Morgan fingerprint density at radius 3 is 1.85 bits per heavy atom. The molecule has 0 spiro atoms. The van der Waals surface area contributed by atoms with Gasteiger partial charge in [-0.15, -0.1) is 0 Å². The maximum Gasteiger partial charge on any atom is 0.306 e. The molecule has 0 rings (SSSR count). The second-order valence-corrected chi connectivity index (χ2v) is 15.0. The number of carbonyl (C=O) groups excluding carboxylic acids is 1. The lowest BCUT2D eigenvalue weighted by Gasteiger charge is -2.28. The molecule has 0 bridgehead atoms. The number of rotatable bonds is 34.